The molecule has 1 rings (SSSR count). The zero-order valence-corrected chi connectivity index (χ0v) is 5.98. The normalized spacial score (nSPS) is 12.8. The van der Waals surface area contributed by atoms with Crippen molar-refractivity contribution in [1.82, 2.24) is 14.2 Å². The fourth-order valence-corrected chi connectivity index (χ4v) is 0.912. The van der Waals surface area contributed by atoms with Crippen LogP contribution in [0.3, 0.4) is 0 Å². The fourth-order valence-electron chi connectivity index (χ4n) is 0.504. The van der Waals surface area contributed by atoms with Gasteiger partial charge in [-0.2, -0.15) is 0 Å². The van der Waals surface area contributed by atoms with Crippen LogP contribution in [0.25, 0.3) is 0 Å². The van der Waals surface area contributed by atoms with E-state index in [1.54, 1.807) is 0 Å². The van der Waals surface area contributed by atoms with E-state index in [0.29, 0.717) is 4.09 Å². The number of rotatable bonds is 2. The van der Waals surface area contributed by atoms with Crippen LogP contribution in [0.2, 0.25) is 0 Å². The molecular formula is C3H4N4O3S. The average Bonchev–Trinajstić information content (AvgIpc) is 2.32. The van der Waals surface area contributed by atoms with Crippen LogP contribution in [0.5, 0.6) is 0 Å². The maximum Gasteiger partial charge on any atom is 0.287 e. The van der Waals surface area contributed by atoms with E-state index in [2.05, 4.69) is 10.1 Å². The molecule has 1 heterocycles. The van der Waals surface area contributed by atoms with Crippen molar-refractivity contribution in [1.29, 1.82) is 0 Å². The molecule has 0 fully saturated rings. The van der Waals surface area contributed by atoms with E-state index in [4.69, 9.17) is 10.3 Å². The van der Waals surface area contributed by atoms with Crippen molar-refractivity contribution in [3.05, 3.63) is 12.2 Å². The lowest BCUT2D eigenvalue weighted by Gasteiger charge is -1.93. The Labute approximate surface area is 63.6 Å². The van der Waals surface area contributed by atoms with Crippen molar-refractivity contribution < 1.29 is 13.6 Å². The smallest absolute Gasteiger partial charge is 0.287 e. The average molecular weight is 176 g/mol. The summed E-state index contributed by atoms with van der Waals surface area (Å²) in [4.78, 5) is 13.8. The number of hydrogen-bond acceptors (Lipinski definition) is 4. The molecule has 3 N–H and O–H groups in total. The number of carbonyl (C=O) groups excluding carboxylic acids is 1. The van der Waals surface area contributed by atoms with Gasteiger partial charge < -0.3 is 5.73 Å². The standard InChI is InChI=1S/C3H4N4O3S/c4-2(8)3-5-1-6-7(3)11(9)10/h1H,(H2,4,8)(H,9,10). The number of carbonyl (C=O) groups is 1. The first-order valence-corrected chi connectivity index (χ1v) is 3.50. The molecule has 11 heavy (non-hydrogen) atoms. The van der Waals surface area contributed by atoms with Crippen molar-refractivity contribution in [2.75, 3.05) is 0 Å². The highest BCUT2D eigenvalue weighted by Crippen LogP contribution is 1.92. The molecule has 0 bridgehead atoms. The van der Waals surface area contributed by atoms with E-state index in [0.717, 1.165) is 6.33 Å². The molecule has 1 aromatic rings. The molecule has 0 aliphatic rings. The lowest BCUT2D eigenvalue weighted by molar-refractivity contribution is 0.0989. The first-order valence-electron chi connectivity index (χ1n) is 2.44. The van der Waals surface area contributed by atoms with Gasteiger partial charge in [-0.15, -0.1) is 9.19 Å². The number of hydrogen-bond donors (Lipinski definition) is 2. The van der Waals surface area contributed by atoms with Gasteiger partial charge in [-0.05, 0) is 0 Å². The molecule has 1 amide bonds. The van der Waals surface area contributed by atoms with Crippen LogP contribution >= 0.6 is 0 Å². The minimum atomic E-state index is -2.39. The SMILES string of the molecule is NC(=O)c1ncnn1S(=O)O. The Bertz CT molecular complexity index is 279. The van der Waals surface area contributed by atoms with Gasteiger partial charge in [0.2, 0.25) is 5.82 Å². The van der Waals surface area contributed by atoms with E-state index in [9.17, 15) is 9.00 Å². The third-order valence-corrected chi connectivity index (χ3v) is 1.45. The van der Waals surface area contributed by atoms with Gasteiger partial charge in [0, 0.05) is 0 Å². The molecule has 0 radical (unpaired) electrons. The number of primary amides is 1. The second kappa shape index (κ2) is 2.76. The molecule has 0 spiro atoms. The van der Waals surface area contributed by atoms with Gasteiger partial charge in [0.25, 0.3) is 17.2 Å². The van der Waals surface area contributed by atoms with Gasteiger partial charge in [0.05, 0.1) is 0 Å². The first-order chi connectivity index (χ1) is 5.13. The van der Waals surface area contributed by atoms with Crippen molar-refractivity contribution in [3.8, 4) is 0 Å². The maximum absolute atomic E-state index is 10.4. The van der Waals surface area contributed by atoms with Gasteiger partial charge in [-0.3, -0.25) is 9.35 Å². The van der Waals surface area contributed by atoms with Crippen LogP contribution in [0.15, 0.2) is 6.33 Å². The Kier molecular flexibility index (Phi) is 1.96. The van der Waals surface area contributed by atoms with Crippen molar-refractivity contribution in [2.24, 2.45) is 5.73 Å². The van der Waals surface area contributed by atoms with Crippen LogP contribution in [0, 0.1) is 0 Å². The molecule has 60 valence electrons. The van der Waals surface area contributed by atoms with Gasteiger partial charge in [-0.25, -0.2) is 9.19 Å². The maximum atomic E-state index is 10.4. The molecular weight excluding hydrogens is 172 g/mol. The molecule has 1 aromatic heterocycles. The molecule has 7 nitrogen and oxygen atoms in total. The summed E-state index contributed by atoms with van der Waals surface area (Å²) in [5.41, 5.74) is 4.79. The minimum Gasteiger partial charge on any atom is -0.363 e. The van der Waals surface area contributed by atoms with Gasteiger partial charge in [0.1, 0.15) is 6.33 Å². The van der Waals surface area contributed by atoms with Crippen LogP contribution in [-0.2, 0) is 11.3 Å². The zero-order chi connectivity index (χ0) is 8.43. The Morgan fingerprint density at radius 3 is 2.82 bits per heavy atom. The van der Waals surface area contributed by atoms with E-state index in [1.807, 2.05) is 0 Å². The summed E-state index contributed by atoms with van der Waals surface area (Å²) in [6.45, 7) is 0. The minimum absolute atomic E-state index is 0.342. The monoisotopic (exact) mass is 176 g/mol. The topological polar surface area (TPSA) is 111 Å². The van der Waals surface area contributed by atoms with E-state index in [1.165, 1.54) is 0 Å². The highest BCUT2D eigenvalue weighted by atomic mass is 32.2. The number of nitrogens with two attached hydrogens (primary N) is 1. The second-order valence-electron chi connectivity index (χ2n) is 1.55. The largest absolute Gasteiger partial charge is 0.363 e. The molecule has 1 unspecified atom stereocenters. The summed E-state index contributed by atoms with van der Waals surface area (Å²) >= 11 is -2.39. The summed E-state index contributed by atoms with van der Waals surface area (Å²) in [7, 11) is 0. The predicted molar refractivity (Wildman–Crippen MR) is 34.7 cm³/mol. The summed E-state index contributed by atoms with van der Waals surface area (Å²) in [6.07, 6.45) is 0.966. The van der Waals surface area contributed by atoms with Crippen LogP contribution in [0.4, 0.5) is 0 Å². The molecule has 0 aliphatic heterocycles. The third kappa shape index (κ3) is 1.41. The molecule has 8 heteroatoms. The molecule has 0 aliphatic carbocycles. The number of amides is 1. The van der Waals surface area contributed by atoms with Gasteiger partial charge >= 0.3 is 0 Å². The van der Waals surface area contributed by atoms with Crippen LogP contribution in [0.1, 0.15) is 10.6 Å². The van der Waals surface area contributed by atoms with Gasteiger partial charge in [-0.1, -0.05) is 0 Å². The van der Waals surface area contributed by atoms with Crippen molar-refractivity contribution in [3.63, 3.8) is 0 Å². The van der Waals surface area contributed by atoms with Crippen molar-refractivity contribution in [2.45, 2.75) is 0 Å². The van der Waals surface area contributed by atoms with Crippen molar-refractivity contribution >= 4 is 17.2 Å². The predicted octanol–water partition coefficient (Wildman–Crippen LogP) is -1.64. The quantitative estimate of drug-likeness (QED) is 0.525. The highest BCUT2D eigenvalue weighted by molar-refractivity contribution is 7.77. The Morgan fingerprint density at radius 2 is 2.45 bits per heavy atom. The molecule has 0 saturated carbocycles. The van der Waals surface area contributed by atoms with Crippen LogP contribution < -0.4 is 5.73 Å². The summed E-state index contributed by atoms with van der Waals surface area (Å²) < 4.78 is 19.3. The number of nitrogens with zero attached hydrogens (tertiary/aromatic N) is 3. The van der Waals surface area contributed by atoms with E-state index in [-0.39, 0.29) is 5.82 Å². The fraction of sp³-hybridized carbons (Fsp3) is 0. The summed E-state index contributed by atoms with van der Waals surface area (Å²) in [5, 5.41) is 3.29. The zero-order valence-electron chi connectivity index (χ0n) is 5.17. The molecule has 0 aromatic carbocycles. The molecule has 0 saturated heterocycles. The summed E-state index contributed by atoms with van der Waals surface area (Å²) in [6, 6.07) is 0. The second-order valence-corrected chi connectivity index (χ2v) is 2.36. The van der Waals surface area contributed by atoms with E-state index >= 15 is 0 Å². The molecule has 1 atom stereocenters. The summed E-state index contributed by atoms with van der Waals surface area (Å²) in [5.74, 6) is -1.24. The van der Waals surface area contributed by atoms with Gasteiger partial charge in [0.15, 0.2) is 0 Å². The Balaban J connectivity index is 3.16. The third-order valence-electron chi connectivity index (χ3n) is 0.886. The Hall–Kier alpha value is -1.28. The lowest BCUT2D eigenvalue weighted by atomic mass is 10.6. The lowest BCUT2D eigenvalue weighted by Crippen LogP contribution is -2.20. The highest BCUT2D eigenvalue weighted by Gasteiger charge is 2.13. The Morgan fingerprint density at radius 1 is 1.82 bits per heavy atom. The number of aromatic nitrogens is 3. The van der Waals surface area contributed by atoms with Crippen LogP contribution in [-0.4, -0.2) is 28.8 Å². The first kappa shape index (κ1) is 7.82. The van der Waals surface area contributed by atoms with E-state index < -0.39 is 17.2 Å².